The lowest BCUT2D eigenvalue weighted by atomic mass is 9.65. The van der Waals surface area contributed by atoms with Gasteiger partial charge in [0.25, 0.3) is 0 Å². The molecule has 0 bridgehead atoms. The van der Waals surface area contributed by atoms with Gasteiger partial charge in [-0.05, 0) is 31.4 Å². The molecular weight excluding hydrogens is 378 g/mol. The molecule has 5 heteroatoms. The van der Waals surface area contributed by atoms with Crippen LogP contribution in [-0.2, 0) is 20.2 Å². The van der Waals surface area contributed by atoms with Crippen molar-refractivity contribution in [1.82, 2.24) is 4.90 Å². The van der Waals surface area contributed by atoms with Gasteiger partial charge in [0.15, 0.2) is 5.60 Å². The molecule has 2 fully saturated rings. The van der Waals surface area contributed by atoms with E-state index in [1.54, 1.807) is 4.90 Å². The number of hydrogen-bond donors (Lipinski definition) is 1. The second kappa shape index (κ2) is 7.80. The maximum absolute atomic E-state index is 13.8. The molecule has 1 amide bonds. The van der Waals surface area contributed by atoms with Crippen LogP contribution in [-0.4, -0.2) is 34.3 Å². The molecule has 2 aliphatic heterocycles. The first-order valence-electron chi connectivity index (χ1n) is 10.9. The van der Waals surface area contributed by atoms with Crippen molar-refractivity contribution >= 4 is 5.91 Å². The van der Waals surface area contributed by atoms with Gasteiger partial charge in [-0.25, -0.2) is 4.89 Å². The van der Waals surface area contributed by atoms with E-state index in [1.807, 2.05) is 74.5 Å². The van der Waals surface area contributed by atoms with Crippen LogP contribution in [0.3, 0.4) is 0 Å². The van der Waals surface area contributed by atoms with Crippen molar-refractivity contribution in [3.05, 3.63) is 71.8 Å². The number of aliphatic hydroxyl groups is 1. The van der Waals surface area contributed by atoms with Crippen molar-refractivity contribution in [2.75, 3.05) is 6.54 Å². The Morgan fingerprint density at radius 1 is 1.00 bits per heavy atom. The molecule has 30 heavy (non-hydrogen) atoms. The number of likely N-dealkylation sites (tertiary alicyclic amines) is 1. The third-order valence-electron chi connectivity index (χ3n) is 6.74. The van der Waals surface area contributed by atoms with E-state index in [1.165, 1.54) is 0 Å². The van der Waals surface area contributed by atoms with Gasteiger partial charge < -0.3 is 10.0 Å². The summed E-state index contributed by atoms with van der Waals surface area (Å²) in [5.74, 6) is -1.72. The minimum absolute atomic E-state index is 0.0305. The van der Waals surface area contributed by atoms with Gasteiger partial charge >= 0.3 is 0 Å². The minimum Gasteiger partial charge on any atom is -0.361 e. The second-order valence-electron chi connectivity index (χ2n) is 8.90. The third-order valence-corrected chi connectivity index (χ3v) is 6.74. The average molecular weight is 410 g/mol. The topological polar surface area (TPSA) is 59.0 Å². The van der Waals surface area contributed by atoms with Crippen LogP contribution in [0.4, 0.5) is 0 Å². The van der Waals surface area contributed by atoms with Crippen LogP contribution in [0.25, 0.3) is 0 Å². The molecule has 2 heterocycles. The SMILES string of the molecule is CCCCC12CC(c3ccccc3)(c3ccccc3)OOC1(O)CN(C(C)C)C2=O. The Bertz CT molecular complexity index is 845. The fourth-order valence-corrected chi connectivity index (χ4v) is 4.98. The van der Waals surface area contributed by atoms with Crippen LogP contribution < -0.4 is 0 Å². The molecule has 4 rings (SSSR count). The van der Waals surface area contributed by atoms with Gasteiger partial charge in [0.1, 0.15) is 5.41 Å². The number of fused-ring (bicyclic) bond motifs is 1. The summed E-state index contributed by atoms with van der Waals surface area (Å²) < 4.78 is 0. The van der Waals surface area contributed by atoms with Crippen LogP contribution in [0.15, 0.2) is 60.7 Å². The molecule has 0 aliphatic carbocycles. The highest BCUT2D eigenvalue weighted by atomic mass is 17.2. The summed E-state index contributed by atoms with van der Waals surface area (Å²) in [7, 11) is 0. The van der Waals surface area contributed by atoms with Crippen molar-refractivity contribution in [3.8, 4) is 0 Å². The van der Waals surface area contributed by atoms with Crippen molar-refractivity contribution in [2.45, 2.75) is 63.9 Å². The summed E-state index contributed by atoms with van der Waals surface area (Å²) in [6.07, 6.45) is 2.62. The molecule has 160 valence electrons. The summed E-state index contributed by atoms with van der Waals surface area (Å²) in [6, 6.07) is 19.7. The van der Waals surface area contributed by atoms with E-state index >= 15 is 0 Å². The highest BCUT2D eigenvalue weighted by Gasteiger charge is 2.71. The number of unbranched alkanes of at least 4 members (excludes halogenated alkanes) is 1. The molecule has 0 spiro atoms. The lowest BCUT2D eigenvalue weighted by Gasteiger charge is -2.50. The largest absolute Gasteiger partial charge is 0.361 e. The summed E-state index contributed by atoms with van der Waals surface area (Å²) in [5.41, 5.74) is -0.239. The molecule has 2 aromatic carbocycles. The molecule has 0 radical (unpaired) electrons. The lowest BCUT2D eigenvalue weighted by Crippen LogP contribution is -2.60. The summed E-state index contributed by atoms with van der Waals surface area (Å²) in [5, 5.41) is 11.6. The van der Waals surface area contributed by atoms with Gasteiger partial charge in [-0.15, -0.1) is 0 Å². The maximum Gasteiger partial charge on any atom is 0.235 e. The number of nitrogens with zero attached hydrogens (tertiary/aromatic N) is 1. The number of carbonyl (C=O) groups excluding carboxylic acids is 1. The number of rotatable bonds is 6. The Morgan fingerprint density at radius 3 is 2.07 bits per heavy atom. The second-order valence-corrected chi connectivity index (χ2v) is 8.90. The Hall–Kier alpha value is -2.21. The number of amides is 1. The summed E-state index contributed by atoms with van der Waals surface area (Å²) in [6.45, 7) is 6.15. The Kier molecular flexibility index (Phi) is 5.47. The van der Waals surface area contributed by atoms with Gasteiger partial charge in [0.05, 0.1) is 6.54 Å². The van der Waals surface area contributed by atoms with Crippen LogP contribution >= 0.6 is 0 Å². The Balaban J connectivity index is 1.89. The van der Waals surface area contributed by atoms with Gasteiger partial charge in [-0.2, -0.15) is 4.89 Å². The molecule has 0 saturated carbocycles. The van der Waals surface area contributed by atoms with E-state index in [0.717, 1.165) is 24.0 Å². The zero-order chi connectivity index (χ0) is 21.4. The van der Waals surface area contributed by atoms with E-state index in [9.17, 15) is 9.90 Å². The van der Waals surface area contributed by atoms with Gasteiger partial charge in [0.2, 0.25) is 11.7 Å². The van der Waals surface area contributed by atoms with Gasteiger partial charge in [-0.3, -0.25) is 4.79 Å². The molecule has 2 unspecified atom stereocenters. The molecule has 2 saturated heterocycles. The molecule has 1 N–H and O–H groups in total. The standard InChI is InChI=1S/C25H31NO4/c1-4-5-16-23-17-24(20-12-8-6-9-13-20,21-14-10-7-11-15-21)29-30-25(23,28)18-26(19(2)3)22(23)27/h6-15,19,28H,4-5,16-18H2,1-3H3. The summed E-state index contributed by atoms with van der Waals surface area (Å²) >= 11 is 0. The van der Waals surface area contributed by atoms with Crippen LogP contribution in [0.5, 0.6) is 0 Å². The van der Waals surface area contributed by atoms with Crippen molar-refractivity contribution < 1.29 is 19.7 Å². The Morgan fingerprint density at radius 2 is 1.57 bits per heavy atom. The molecular formula is C25H31NO4. The third kappa shape index (κ3) is 3.08. The fourth-order valence-electron chi connectivity index (χ4n) is 4.98. The van der Waals surface area contributed by atoms with E-state index in [2.05, 4.69) is 6.92 Å². The smallest absolute Gasteiger partial charge is 0.235 e. The van der Waals surface area contributed by atoms with Crippen molar-refractivity contribution in [3.63, 3.8) is 0 Å². The van der Waals surface area contributed by atoms with E-state index in [4.69, 9.17) is 9.78 Å². The predicted octanol–water partition coefficient (Wildman–Crippen LogP) is 4.40. The zero-order valence-corrected chi connectivity index (χ0v) is 18.0. The van der Waals surface area contributed by atoms with E-state index < -0.39 is 16.8 Å². The quantitative estimate of drug-likeness (QED) is 0.719. The van der Waals surface area contributed by atoms with Crippen LogP contribution in [0.1, 0.15) is 57.6 Å². The average Bonchev–Trinajstić information content (AvgIpc) is 3.00. The number of benzene rings is 2. The highest BCUT2D eigenvalue weighted by molar-refractivity contribution is 5.87. The maximum atomic E-state index is 13.8. The zero-order valence-electron chi connectivity index (χ0n) is 18.0. The number of hydrogen-bond acceptors (Lipinski definition) is 4. The van der Waals surface area contributed by atoms with Gasteiger partial charge in [-0.1, -0.05) is 80.4 Å². The first-order chi connectivity index (χ1) is 14.4. The number of β-amino-alcohol motifs (C(OH)–C–C–N with tert-alkyl or cyclic N) is 1. The Labute approximate surface area is 178 Å². The first kappa shape index (κ1) is 21.0. The molecule has 2 aliphatic rings. The summed E-state index contributed by atoms with van der Waals surface area (Å²) in [4.78, 5) is 27.5. The van der Waals surface area contributed by atoms with Gasteiger partial charge in [0, 0.05) is 12.5 Å². The minimum atomic E-state index is -1.67. The van der Waals surface area contributed by atoms with E-state index in [0.29, 0.717) is 12.8 Å². The van der Waals surface area contributed by atoms with Crippen molar-refractivity contribution in [1.29, 1.82) is 0 Å². The monoisotopic (exact) mass is 409 g/mol. The molecule has 2 aromatic rings. The molecule has 5 nitrogen and oxygen atoms in total. The lowest BCUT2D eigenvalue weighted by molar-refractivity contribution is -0.503. The highest BCUT2D eigenvalue weighted by Crippen LogP contribution is 2.59. The number of carbonyl (C=O) groups is 1. The molecule has 0 aromatic heterocycles. The fraction of sp³-hybridized carbons (Fsp3) is 0.480. The van der Waals surface area contributed by atoms with Crippen LogP contribution in [0, 0.1) is 5.41 Å². The van der Waals surface area contributed by atoms with Crippen LogP contribution in [0.2, 0.25) is 0 Å². The first-order valence-corrected chi connectivity index (χ1v) is 10.9. The van der Waals surface area contributed by atoms with Crippen molar-refractivity contribution in [2.24, 2.45) is 5.41 Å². The predicted molar refractivity (Wildman–Crippen MR) is 114 cm³/mol. The normalized spacial score (nSPS) is 28.0. The molecule has 2 atom stereocenters. The van der Waals surface area contributed by atoms with E-state index in [-0.39, 0.29) is 18.5 Å².